The number of aryl methyl sites for hydroxylation is 1. The maximum absolute atomic E-state index is 14.8. The van der Waals surface area contributed by atoms with Gasteiger partial charge in [-0.1, -0.05) is 6.07 Å². The largest absolute Gasteiger partial charge is 0.494 e. The Morgan fingerprint density at radius 1 is 1.14 bits per heavy atom. The van der Waals surface area contributed by atoms with Gasteiger partial charge in [0.2, 0.25) is 10.0 Å². The van der Waals surface area contributed by atoms with Gasteiger partial charge in [-0.25, -0.2) is 12.8 Å². The van der Waals surface area contributed by atoms with E-state index in [-0.39, 0.29) is 17.3 Å². The van der Waals surface area contributed by atoms with Gasteiger partial charge in [0, 0.05) is 23.7 Å². The molecule has 1 aliphatic heterocycles. The summed E-state index contributed by atoms with van der Waals surface area (Å²) in [6, 6.07) is 12.8. The van der Waals surface area contributed by atoms with E-state index in [0.717, 1.165) is 54.8 Å². The molecule has 9 heteroatoms. The molecule has 1 N–H and O–H groups in total. The lowest BCUT2D eigenvalue weighted by Crippen LogP contribution is -2.37. The van der Waals surface area contributed by atoms with Crippen molar-refractivity contribution in [1.29, 1.82) is 0 Å². The molecule has 2 heterocycles. The monoisotopic (exact) mass is 529 g/mol. The minimum absolute atomic E-state index is 0.178. The fourth-order valence-electron chi connectivity index (χ4n) is 4.64. The molecule has 200 valence electrons. The van der Waals surface area contributed by atoms with Crippen molar-refractivity contribution in [3.05, 3.63) is 59.5 Å². The number of aromatic nitrogens is 1. The second-order valence-corrected chi connectivity index (χ2v) is 12.2. The number of methoxy groups -OCH3 is 1. The first kappa shape index (κ1) is 27.1. The van der Waals surface area contributed by atoms with Gasteiger partial charge >= 0.3 is 0 Å². The first-order valence-electron chi connectivity index (χ1n) is 12.8. The van der Waals surface area contributed by atoms with Crippen LogP contribution in [-0.2, 0) is 16.4 Å². The van der Waals surface area contributed by atoms with Crippen LogP contribution in [0.25, 0.3) is 10.9 Å². The fourth-order valence-corrected chi connectivity index (χ4v) is 5.34. The zero-order valence-corrected chi connectivity index (χ0v) is 22.8. The summed E-state index contributed by atoms with van der Waals surface area (Å²) >= 11 is 0. The van der Waals surface area contributed by atoms with Crippen LogP contribution in [-0.4, -0.2) is 56.9 Å². The van der Waals surface area contributed by atoms with E-state index in [2.05, 4.69) is 20.7 Å². The molecular weight excluding hydrogens is 493 g/mol. The van der Waals surface area contributed by atoms with Crippen molar-refractivity contribution >= 4 is 26.6 Å². The van der Waals surface area contributed by atoms with Gasteiger partial charge in [0.15, 0.2) is 0 Å². The van der Waals surface area contributed by atoms with Crippen LogP contribution in [0.4, 0.5) is 10.1 Å². The molecule has 1 saturated heterocycles. The molecule has 0 unspecified atom stereocenters. The molecule has 1 fully saturated rings. The molecule has 0 amide bonds. The van der Waals surface area contributed by atoms with Gasteiger partial charge in [-0.2, -0.15) is 0 Å². The molecular formula is C28H36FN3O4S. The van der Waals surface area contributed by atoms with Gasteiger partial charge in [-0.05, 0) is 94.9 Å². The standard InChI is InChI=1S/C28H36FN3O4S/c1-19(2)37(33,34)31-26-17-22(24(29)18-28(26)35-4)16-21-10-12-32(13-11-21)14-15-36-27-7-5-6-25-23(27)9-8-20(3)30-25/h5-9,17-19,21,31H,10-16H2,1-4H3. The summed E-state index contributed by atoms with van der Waals surface area (Å²) in [6.07, 6.45) is 2.44. The number of likely N-dealkylation sites (tertiary alicyclic amines) is 1. The van der Waals surface area contributed by atoms with Crippen molar-refractivity contribution in [1.82, 2.24) is 9.88 Å². The number of halogens is 1. The number of rotatable bonds is 10. The van der Waals surface area contributed by atoms with Crippen LogP contribution in [0.15, 0.2) is 42.5 Å². The minimum atomic E-state index is -3.57. The number of nitrogens with zero attached hydrogens (tertiary/aromatic N) is 2. The summed E-state index contributed by atoms with van der Waals surface area (Å²) < 4.78 is 53.4. The highest BCUT2D eigenvalue weighted by Crippen LogP contribution is 2.32. The summed E-state index contributed by atoms with van der Waals surface area (Å²) in [6.45, 7) is 8.40. The van der Waals surface area contributed by atoms with Crippen LogP contribution in [0.5, 0.6) is 11.5 Å². The van der Waals surface area contributed by atoms with Gasteiger partial charge in [0.1, 0.15) is 23.9 Å². The van der Waals surface area contributed by atoms with Gasteiger partial charge in [-0.15, -0.1) is 0 Å². The maximum atomic E-state index is 14.8. The number of ether oxygens (including phenoxy) is 2. The quantitative estimate of drug-likeness (QED) is 0.390. The van der Waals surface area contributed by atoms with Crippen LogP contribution in [0.2, 0.25) is 0 Å². The second-order valence-electron chi connectivity index (χ2n) is 9.95. The Kier molecular flexibility index (Phi) is 8.54. The van der Waals surface area contributed by atoms with E-state index in [4.69, 9.17) is 9.47 Å². The van der Waals surface area contributed by atoms with Gasteiger partial charge in [0.25, 0.3) is 0 Å². The third kappa shape index (κ3) is 6.70. The van der Waals surface area contributed by atoms with E-state index in [1.165, 1.54) is 13.2 Å². The van der Waals surface area contributed by atoms with Crippen LogP contribution in [0.1, 0.15) is 37.9 Å². The molecule has 4 rings (SSSR count). The second kappa shape index (κ2) is 11.6. The molecule has 3 aromatic rings. The molecule has 0 radical (unpaired) electrons. The molecule has 0 atom stereocenters. The number of piperidine rings is 1. The Labute approximate surface area is 219 Å². The van der Waals surface area contributed by atoms with Gasteiger partial charge < -0.3 is 9.47 Å². The van der Waals surface area contributed by atoms with E-state index >= 15 is 0 Å². The van der Waals surface area contributed by atoms with E-state index < -0.39 is 15.3 Å². The normalized spacial score (nSPS) is 15.3. The summed E-state index contributed by atoms with van der Waals surface area (Å²) in [5, 5.41) is 0.406. The van der Waals surface area contributed by atoms with E-state index in [1.807, 2.05) is 31.2 Å². The predicted molar refractivity (Wildman–Crippen MR) is 145 cm³/mol. The number of nitrogens with one attached hydrogen (secondary N) is 1. The fraction of sp³-hybridized carbons (Fsp3) is 0.464. The van der Waals surface area contributed by atoms with Crippen molar-refractivity contribution in [2.75, 3.05) is 38.1 Å². The lowest BCUT2D eigenvalue weighted by atomic mass is 9.89. The third-order valence-electron chi connectivity index (χ3n) is 6.95. The molecule has 0 bridgehead atoms. The highest BCUT2D eigenvalue weighted by atomic mass is 32.2. The van der Waals surface area contributed by atoms with Crippen molar-refractivity contribution in [2.24, 2.45) is 5.92 Å². The van der Waals surface area contributed by atoms with Crippen LogP contribution >= 0.6 is 0 Å². The number of fused-ring (bicyclic) bond motifs is 1. The highest BCUT2D eigenvalue weighted by molar-refractivity contribution is 7.93. The number of benzene rings is 2. The first-order valence-corrected chi connectivity index (χ1v) is 14.3. The Hall–Kier alpha value is -2.91. The first-order chi connectivity index (χ1) is 17.7. The summed E-state index contributed by atoms with van der Waals surface area (Å²) in [4.78, 5) is 6.94. The van der Waals surface area contributed by atoms with E-state index in [9.17, 15) is 12.8 Å². The van der Waals surface area contributed by atoms with Crippen molar-refractivity contribution in [2.45, 2.75) is 45.3 Å². The van der Waals surface area contributed by atoms with Crippen LogP contribution < -0.4 is 14.2 Å². The summed E-state index contributed by atoms with van der Waals surface area (Å²) in [5.74, 6) is 0.970. The average molecular weight is 530 g/mol. The number of pyridine rings is 1. The zero-order valence-electron chi connectivity index (χ0n) is 22.0. The number of sulfonamides is 1. The van der Waals surface area contributed by atoms with Crippen LogP contribution in [0, 0.1) is 18.7 Å². The van der Waals surface area contributed by atoms with Gasteiger partial charge in [0.05, 0.1) is 23.6 Å². The summed E-state index contributed by atoms with van der Waals surface area (Å²) in [7, 11) is -2.17. The zero-order chi connectivity index (χ0) is 26.6. The Balaban J connectivity index is 1.31. The van der Waals surface area contributed by atoms with E-state index in [1.54, 1.807) is 19.9 Å². The molecule has 0 spiro atoms. The SMILES string of the molecule is COc1cc(F)c(CC2CCN(CCOc3cccc4nc(C)ccc34)CC2)cc1NS(=O)(=O)C(C)C. The lowest BCUT2D eigenvalue weighted by Gasteiger charge is -2.32. The lowest BCUT2D eigenvalue weighted by molar-refractivity contribution is 0.155. The molecule has 37 heavy (non-hydrogen) atoms. The molecule has 0 saturated carbocycles. The third-order valence-corrected chi connectivity index (χ3v) is 8.70. The molecule has 2 aromatic carbocycles. The van der Waals surface area contributed by atoms with Crippen molar-refractivity contribution in [3.8, 4) is 11.5 Å². The number of hydrogen-bond donors (Lipinski definition) is 1. The smallest absolute Gasteiger partial charge is 0.235 e. The predicted octanol–water partition coefficient (Wildman–Crippen LogP) is 5.17. The van der Waals surface area contributed by atoms with Crippen molar-refractivity contribution < 1.29 is 22.3 Å². The average Bonchev–Trinajstić information content (AvgIpc) is 2.86. The van der Waals surface area contributed by atoms with Crippen molar-refractivity contribution in [3.63, 3.8) is 0 Å². The summed E-state index contributed by atoms with van der Waals surface area (Å²) in [5.41, 5.74) is 2.70. The van der Waals surface area contributed by atoms with E-state index in [0.29, 0.717) is 24.5 Å². The molecule has 7 nitrogen and oxygen atoms in total. The molecule has 0 aliphatic carbocycles. The number of anilines is 1. The Bertz CT molecular complexity index is 1340. The Morgan fingerprint density at radius 3 is 2.59 bits per heavy atom. The highest BCUT2D eigenvalue weighted by Gasteiger charge is 2.23. The maximum Gasteiger partial charge on any atom is 0.235 e. The molecule has 1 aromatic heterocycles. The van der Waals surface area contributed by atoms with Gasteiger partial charge in [-0.3, -0.25) is 14.6 Å². The van der Waals surface area contributed by atoms with Crippen LogP contribution in [0.3, 0.4) is 0 Å². The minimum Gasteiger partial charge on any atom is -0.494 e. The molecule has 1 aliphatic rings. The number of hydrogen-bond acceptors (Lipinski definition) is 6. The Morgan fingerprint density at radius 2 is 1.89 bits per heavy atom. The topological polar surface area (TPSA) is 80.8 Å².